The summed E-state index contributed by atoms with van der Waals surface area (Å²) in [6.45, 7) is 0.0553. The fourth-order valence-corrected chi connectivity index (χ4v) is 2.80. The van der Waals surface area contributed by atoms with Crippen LogP contribution in [0.25, 0.3) is 0 Å². The quantitative estimate of drug-likeness (QED) is 0.830. The second-order valence-corrected chi connectivity index (χ2v) is 5.83. The number of rotatable bonds is 6. The minimum Gasteiger partial charge on any atom is -0.396 e. The van der Waals surface area contributed by atoms with Gasteiger partial charge in [0.1, 0.15) is 10.6 Å². The van der Waals surface area contributed by atoms with Gasteiger partial charge in [-0.3, -0.25) is 0 Å². The van der Waals surface area contributed by atoms with Gasteiger partial charge >= 0.3 is 10.1 Å². The Bertz CT molecular complexity index is 651. The molecule has 106 valence electrons. The lowest BCUT2D eigenvalue weighted by Gasteiger charge is -2.11. The molecule has 0 amide bonds. The van der Waals surface area contributed by atoms with Crippen molar-refractivity contribution >= 4 is 10.1 Å². The SMILES string of the molecule is O=S(=O)(Oc1ccccc1CCCO)c1ccccc1. The van der Waals surface area contributed by atoms with Crippen LogP contribution in [0.4, 0.5) is 0 Å². The fraction of sp³-hybridized carbons (Fsp3) is 0.200. The molecule has 0 saturated carbocycles. The molecule has 0 fully saturated rings. The van der Waals surface area contributed by atoms with Crippen molar-refractivity contribution in [2.75, 3.05) is 6.61 Å². The Morgan fingerprint density at radius 2 is 1.60 bits per heavy atom. The molecule has 2 rings (SSSR count). The summed E-state index contributed by atoms with van der Waals surface area (Å²) < 4.78 is 29.5. The smallest absolute Gasteiger partial charge is 0.339 e. The minimum absolute atomic E-state index is 0.0553. The first-order valence-corrected chi connectivity index (χ1v) is 7.72. The molecule has 5 heteroatoms. The number of para-hydroxylation sites is 1. The second-order valence-electron chi connectivity index (χ2n) is 4.29. The van der Waals surface area contributed by atoms with E-state index >= 15 is 0 Å². The van der Waals surface area contributed by atoms with Crippen molar-refractivity contribution in [1.82, 2.24) is 0 Å². The molecule has 20 heavy (non-hydrogen) atoms. The van der Waals surface area contributed by atoms with Crippen LogP contribution in [0.1, 0.15) is 12.0 Å². The molecule has 0 unspecified atom stereocenters. The molecule has 0 aliphatic rings. The molecular formula is C15H16O4S. The van der Waals surface area contributed by atoms with Crippen LogP contribution in [0, 0.1) is 0 Å². The van der Waals surface area contributed by atoms with Gasteiger partial charge in [-0.15, -0.1) is 0 Å². The molecular weight excluding hydrogens is 276 g/mol. The van der Waals surface area contributed by atoms with Crippen LogP contribution < -0.4 is 4.18 Å². The highest BCUT2D eigenvalue weighted by molar-refractivity contribution is 7.87. The average molecular weight is 292 g/mol. The van der Waals surface area contributed by atoms with E-state index in [1.165, 1.54) is 12.1 Å². The van der Waals surface area contributed by atoms with Crippen molar-refractivity contribution in [2.45, 2.75) is 17.7 Å². The first-order chi connectivity index (χ1) is 9.63. The predicted octanol–water partition coefficient (Wildman–Crippen LogP) is 2.38. The van der Waals surface area contributed by atoms with Gasteiger partial charge in [0.15, 0.2) is 0 Å². The standard InChI is InChI=1S/C15H16O4S/c16-12-6-8-13-7-4-5-11-15(13)19-20(17,18)14-9-2-1-3-10-14/h1-5,7,9-11,16H,6,8,12H2. The van der Waals surface area contributed by atoms with E-state index in [9.17, 15) is 8.42 Å². The Balaban J connectivity index is 2.26. The van der Waals surface area contributed by atoms with E-state index < -0.39 is 10.1 Å². The Kier molecular flexibility index (Phi) is 4.76. The number of aliphatic hydroxyl groups excluding tert-OH is 1. The highest BCUT2D eigenvalue weighted by atomic mass is 32.2. The van der Waals surface area contributed by atoms with E-state index in [0.29, 0.717) is 18.6 Å². The lowest BCUT2D eigenvalue weighted by molar-refractivity contribution is 0.288. The van der Waals surface area contributed by atoms with Gasteiger partial charge < -0.3 is 9.29 Å². The van der Waals surface area contributed by atoms with Gasteiger partial charge in [-0.25, -0.2) is 0 Å². The van der Waals surface area contributed by atoms with Crippen LogP contribution in [0.2, 0.25) is 0 Å². The molecule has 0 bridgehead atoms. The lowest BCUT2D eigenvalue weighted by Crippen LogP contribution is -2.11. The van der Waals surface area contributed by atoms with Gasteiger partial charge in [0.25, 0.3) is 0 Å². The van der Waals surface area contributed by atoms with E-state index in [-0.39, 0.29) is 11.5 Å². The summed E-state index contributed by atoms with van der Waals surface area (Å²) in [6.07, 6.45) is 1.13. The maximum Gasteiger partial charge on any atom is 0.339 e. The van der Waals surface area contributed by atoms with E-state index in [4.69, 9.17) is 9.29 Å². The van der Waals surface area contributed by atoms with Crippen LogP contribution in [0.15, 0.2) is 59.5 Å². The Hall–Kier alpha value is -1.85. The summed E-state index contributed by atoms with van der Waals surface area (Å²) in [7, 11) is -3.82. The molecule has 4 nitrogen and oxygen atoms in total. The van der Waals surface area contributed by atoms with Crippen LogP contribution >= 0.6 is 0 Å². The number of hydrogen-bond acceptors (Lipinski definition) is 4. The first kappa shape index (κ1) is 14.6. The summed E-state index contributed by atoms with van der Waals surface area (Å²) >= 11 is 0. The third-order valence-electron chi connectivity index (χ3n) is 2.81. The topological polar surface area (TPSA) is 63.6 Å². The zero-order chi connectivity index (χ0) is 14.4. The molecule has 1 N–H and O–H groups in total. The first-order valence-electron chi connectivity index (χ1n) is 6.32. The third-order valence-corrected chi connectivity index (χ3v) is 4.06. The summed E-state index contributed by atoms with van der Waals surface area (Å²) in [5.41, 5.74) is 0.765. The van der Waals surface area contributed by atoms with Crippen molar-refractivity contribution in [3.8, 4) is 5.75 Å². The Labute approximate surface area is 118 Å². The zero-order valence-corrected chi connectivity index (χ0v) is 11.7. The van der Waals surface area contributed by atoms with Crippen LogP contribution in [-0.2, 0) is 16.5 Å². The van der Waals surface area contributed by atoms with Crippen LogP contribution in [-0.4, -0.2) is 20.1 Å². The lowest BCUT2D eigenvalue weighted by atomic mass is 10.1. The third kappa shape index (κ3) is 3.59. The van der Waals surface area contributed by atoms with Gasteiger partial charge in [0, 0.05) is 6.61 Å². The summed E-state index contributed by atoms with van der Waals surface area (Å²) in [4.78, 5) is 0.122. The highest BCUT2D eigenvalue weighted by Crippen LogP contribution is 2.23. The minimum atomic E-state index is -3.82. The predicted molar refractivity (Wildman–Crippen MR) is 76.1 cm³/mol. The molecule has 0 saturated heterocycles. The molecule has 0 atom stereocenters. The monoisotopic (exact) mass is 292 g/mol. The molecule has 0 aromatic heterocycles. The molecule has 0 aliphatic carbocycles. The molecule has 0 aliphatic heterocycles. The maximum absolute atomic E-state index is 12.2. The van der Waals surface area contributed by atoms with Crippen LogP contribution in [0.5, 0.6) is 5.75 Å². The van der Waals surface area contributed by atoms with Gasteiger partial charge in [0.2, 0.25) is 0 Å². The van der Waals surface area contributed by atoms with E-state index in [0.717, 1.165) is 5.56 Å². The number of hydrogen-bond donors (Lipinski definition) is 1. The Morgan fingerprint density at radius 3 is 2.30 bits per heavy atom. The van der Waals surface area contributed by atoms with E-state index in [1.807, 2.05) is 6.07 Å². The molecule has 2 aromatic carbocycles. The fourth-order valence-electron chi connectivity index (χ4n) is 1.81. The van der Waals surface area contributed by atoms with Crippen molar-refractivity contribution in [3.05, 3.63) is 60.2 Å². The van der Waals surface area contributed by atoms with Gasteiger partial charge in [-0.1, -0.05) is 36.4 Å². The summed E-state index contributed by atoms with van der Waals surface area (Å²) in [5.74, 6) is 0.310. The zero-order valence-electron chi connectivity index (χ0n) is 10.9. The molecule has 0 heterocycles. The van der Waals surface area contributed by atoms with Crippen molar-refractivity contribution in [3.63, 3.8) is 0 Å². The second kappa shape index (κ2) is 6.54. The highest BCUT2D eigenvalue weighted by Gasteiger charge is 2.17. The van der Waals surface area contributed by atoms with Crippen LogP contribution in [0.3, 0.4) is 0 Å². The van der Waals surface area contributed by atoms with Crippen molar-refractivity contribution in [1.29, 1.82) is 0 Å². The van der Waals surface area contributed by atoms with Gasteiger partial charge in [-0.2, -0.15) is 8.42 Å². The normalized spacial score (nSPS) is 11.2. The van der Waals surface area contributed by atoms with Gasteiger partial charge in [0.05, 0.1) is 0 Å². The number of benzene rings is 2. The average Bonchev–Trinajstić information content (AvgIpc) is 2.47. The Morgan fingerprint density at radius 1 is 0.950 bits per heavy atom. The number of aryl methyl sites for hydroxylation is 1. The molecule has 0 radical (unpaired) electrons. The van der Waals surface area contributed by atoms with E-state index in [1.54, 1.807) is 36.4 Å². The number of aliphatic hydroxyl groups is 1. The summed E-state index contributed by atoms with van der Waals surface area (Å²) in [5, 5.41) is 8.87. The molecule has 0 spiro atoms. The van der Waals surface area contributed by atoms with Gasteiger partial charge in [-0.05, 0) is 36.6 Å². The maximum atomic E-state index is 12.2. The largest absolute Gasteiger partial charge is 0.396 e. The van der Waals surface area contributed by atoms with Crippen molar-refractivity contribution < 1.29 is 17.7 Å². The van der Waals surface area contributed by atoms with E-state index in [2.05, 4.69) is 0 Å². The molecule has 2 aromatic rings. The summed E-state index contributed by atoms with van der Waals surface area (Å²) in [6, 6.07) is 15.0. The van der Waals surface area contributed by atoms with Crippen molar-refractivity contribution in [2.24, 2.45) is 0 Å².